The first kappa shape index (κ1) is 24.9. The molecule has 0 radical (unpaired) electrons. The van der Waals surface area contributed by atoms with Crippen molar-refractivity contribution in [3.8, 4) is 56.6 Å². The maximum Gasteiger partial charge on any atom is 0.148 e. The second-order valence-corrected chi connectivity index (χ2v) is 10.0. The first-order chi connectivity index (χ1) is 20.8. The Hall–Kier alpha value is -6.10. The quantitative estimate of drug-likeness (QED) is 0.211. The molecule has 2 aromatic heterocycles. The Morgan fingerprint density at radius 2 is 0.786 bits per heavy atom. The van der Waals surface area contributed by atoms with E-state index < -0.39 is 0 Å². The highest BCUT2D eigenvalue weighted by atomic mass is 14.7. The van der Waals surface area contributed by atoms with Gasteiger partial charge in [-0.3, -0.25) is 0 Å². The van der Waals surface area contributed by atoms with E-state index in [-0.39, 0.29) is 0 Å². The lowest BCUT2D eigenvalue weighted by Gasteiger charge is -2.18. The van der Waals surface area contributed by atoms with Crippen molar-refractivity contribution in [2.45, 2.75) is 0 Å². The fourth-order valence-corrected chi connectivity index (χ4v) is 5.89. The van der Waals surface area contributed by atoms with Gasteiger partial charge in [0.25, 0.3) is 0 Å². The first-order valence-corrected chi connectivity index (χ1v) is 13.6. The Kier molecular flexibility index (Phi) is 6.21. The molecule has 4 heteroatoms. The van der Waals surface area contributed by atoms with Crippen LogP contribution < -0.4 is 0 Å². The normalized spacial score (nSPS) is 10.8. The third kappa shape index (κ3) is 4.16. The molecule has 42 heavy (non-hydrogen) atoms. The molecule has 0 fully saturated rings. The van der Waals surface area contributed by atoms with Gasteiger partial charge >= 0.3 is 0 Å². The summed E-state index contributed by atoms with van der Waals surface area (Å²) in [5.74, 6) is 0. The molecule has 0 aliphatic rings. The lowest BCUT2D eigenvalue weighted by Crippen LogP contribution is -1.93. The van der Waals surface area contributed by atoms with Crippen molar-refractivity contribution in [1.29, 1.82) is 10.5 Å². The number of pyridine rings is 2. The average Bonchev–Trinajstić information content (AvgIpc) is 3.07. The highest BCUT2D eigenvalue weighted by molar-refractivity contribution is 6.21. The summed E-state index contributed by atoms with van der Waals surface area (Å²) in [6, 6.07) is 45.8. The number of hydrogen-bond donors (Lipinski definition) is 0. The van der Waals surface area contributed by atoms with Crippen LogP contribution in [0.25, 0.3) is 66.1 Å². The zero-order valence-corrected chi connectivity index (χ0v) is 22.5. The third-order valence-corrected chi connectivity index (χ3v) is 7.68. The fourth-order valence-electron chi connectivity index (χ4n) is 5.89. The predicted octanol–water partition coefficient (Wildman–Crippen LogP) is 9.19. The summed E-state index contributed by atoms with van der Waals surface area (Å²) in [4.78, 5) is 8.56. The van der Waals surface area contributed by atoms with Crippen LogP contribution in [-0.4, -0.2) is 9.97 Å². The summed E-state index contributed by atoms with van der Waals surface area (Å²) in [7, 11) is 0. The average molecular weight is 535 g/mol. The zero-order chi connectivity index (χ0) is 28.5. The molecule has 0 saturated carbocycles. The number of nitrogens with zero attached hydrogens (tertiary/aromatic N) is 4. The van der Waals surface area contributed by atoms with E-state index in [1.165, 1.54) is 0 Å². The number of rotatable bonds is 4. The van der Waals surface area contributed by atoms with Crippen molar-refractivity contribution >= 4 is 21.5 Å². The van der Waals surface area contributed by atoms with Crippen LogP contribution in [0, 0.1) is 22.7 Å². The van der Waals surface area contributed by atoms with E-state index in [0.717, 1.165) is 66.1 Å². The van der Waals surface area contributed by atoms with Crippen LogP contribution in [0.1, 0.15) is 11.4 Å². The van der Waals surface area contributed by atoms with E-state index in [0.29, 0.717) is 11.4 Å². The van der Waals surface area contributed by atoms with E-state index in [4.69, 9.17) is 0 Å². The summed E-state index contributed by atoms with van der Waals surface area (Å²) in [5, 5.41) is 23.9. The fraction of sp³-hybridized carbons (Fsp3) is 0. The molecule has 0 atom stereocenters. The van der Waals surface area contributed by atoms with Crippen molar-refractivity contribution in [3.05, 3.63) is 145 Å². The van der Waals surface area contributed by atoms with Gasteiger partial charge in [-0.2, -0.15) is 10.5 Å². The molecule has 0 aliphatic carbocycles. The van der Waals surface area contributed by atoms with Crippen LogP contribution in [0.4, 0.5) is 0 Å². The predicted molar refractivity (Wildman–Crippen MR) is 168 cm³/mol. The molecule has 2 heterocycles. The first-order valence-electron chi connectivity index (χ1n) is 13.6. The van der Waals surface area contributed by atoms with Gasteiger partial charge in [0.15, 0.2) is 0 Å². The Bertz CT molecular complexity index is 2020. The van der Waals surface area contributed by atoms with Gasteiger partial charge in [0.2, 0.25) is 0 Å². The Labute approximate surface area is 243 Å². The van der Waals surface area contributed by atoms with Gasteiger partial charge in [-0.05, 0) is 91.3 Å². The number of fused-ring (bicyclic) bond motifs is 2. The molecule has 0 unspecified atom stereocenters. The molecular weight excluding hydrogens is 512 g/mol. The molecule has 7 rings (SSSR count). The van der Waals surface area contributed by atoms with Gasteiger partial charge in [0.05, 0.1) is 0 Å². The largest absolute Gasteiger partial charge is 0.245 e. The van der Waals surface area contributed by atoms with Crippen molar-refractivity contribution in [2.75, 3.05) is 0 Å². The number of nitriles is 2. The summed E-state index contributed by atoms with van der Waals surface area (Å²) in [6.07, 6.45) is 3.30. The van der Waals surface area contributed by atoms with Crippen molar-refractivity contribution in [3.63, 3.8) is 0 Å². The minimum absolute atomic E-state index is 0.410. The van der Waals surface area contributed by atoms with Gasteiger partial charge in [-0.1, -0.05) is 84.9 Å². The van der Waals surface area contributed by atoms with Gasteiger partial charge < -0.3 is 0 Å². The topological polar surface area (TPSA) is 73.4 Å². The third-order valence-electron chi connectivity index (χ3n) is 7.68. The van der Waals surface area contributed by atoms with Gasteiger partial charge in [0.1, 0.15) is 23.5 Å². The molecule has 0 N–H and O–H groups in total. The van der Waals surface area contributed by atoms with Gasteiger partial charge in [-0.25, -0.2) is 9.97 Å². The summed E-state index contributed by atoms with van der Waals surface area (Å²) in [6.45, 7) is 0. The van der Waals surface area contributed by atoms with Crippen LogP contribution >= 0.6 is 0 Å². The van der Waals surface area contributed by atoms with Crippen molar-refractivity contribution in [1.82, 2.24) is 9.97 Å². The van der Waals surface area contributed by atoms with Crippen LogP contribution in [0.15, 0.2) is 134 Å². The smallest absolute Gasteiger partial charge is 0.148 e. The van der Waals surface area contributed by atoms with Crippen molar-refractivity contribution in [2.24, 2.45) is 0 Å². The van der Waals surface area contributed by atoms with Gasteiger partial charge in [-0.15, -0.1) is 0 Å². The molecule has 0 amide bonds. The maximum atomic E-state index is 9.68. The van der Waals surface area contributed by atoms with Crippen LogP contribution in [0.5, 0.6) is 0 Å². The Morgan fingerprint density at radius 1 is 0.405 bits per heavy atom. The molecule has 0 bridgehead atoms. The van der Waals surface area contributed by atoms with Crippen molar-refractivity contribution < 1.29 is 0 Å². The van der Waals surface area contributed by atoms with E-state index in [2.05, 4.69) is 94.9 Å². The van der Waals surface area contributed by atoms with Crippen LogP contribution in [0.3, 0.4) is 0 Å². The Balaban J connectivity index is 1.50. The lowest BCUT2D eigenvalue weighted by molar-refractivity contribution is 1.26. The molecule has 4 nitrogen and oxygen atoms in total. The number of benzene rings is 5. The highest BCUT2D eigenvalue weighted by Gasteiger charge is 2.18. The molecule has 194 valence electrons. The molecule has 0 spiro atoms. The lowest BCUT2D eigenvalue weighted by atomic mass is 9.85. The van der Waals surface area contributed by atoms with Gasteiger partial charge in [0, 0.05) is 23.5 Å². The minimum Gasteiger partial charge on any atom is -0.245 e. The summed E-state index contributed by atoms with van der Waals surface area (Å²) < 4.78 is 0. The SMILES string of the molecule is N#Cc1ncccc1-c1cccc(-c2c3ccccc3c(-c3cccc(-c4cccnc4C#N)c3)c3ccccc23)c1. The summed E-state index contributed by atoms with van der Waals surface area (Å²) in [5.41, 5.74) is 8.78. The van der Waals surface area contributed by atoms with E-state index in [9.17, 15) is 10.5 Å². The molecular formula is C38H22N4. The van der Waals surface area contributed by atoms with E-state index in [1.807, 2.05) is 48.5 Å². The minimum atomic E-state index is 0.410. The molecule has 7 aromatic rings. The van der Waals surface area contributed by atoms with E-state index in [1.54, 1.807) is 12.4 Å². The second kappa shape index (κ2) is 10.5. The molecule has 5 aromatic carbocycles. The highest BCUT2D eigenvalue weighted by Crippen LogP contribution is 2.44. The summed E-state index contributed by atoms with van der Waals surface area (Å²) >= 11 is 0. The maximum absolute atomic E-state index is 9.68. The Morgan fingerprint density at radius 3 is 1.17 bits per heavy atom. The monoisotopic (exact) mass is 534 g/mol. The number of hydrogen-bond acceptors (Lipinski definition) is 4. The molecule has 0 aliphatic heterocycles. The van der Waals surface area contributed by atoms with Crippen LogP contribution in [0.2, 0.25) is 0 Å². The van der Waals surface area contributed by atoms with E-state index >= 15 is 0 Å². The standard InChI is InChI=1S/C38H22N4/c39-23-35-29(17-7-19-41-35)25-9-5-11-27(21-25)37-31-13-1-2-14-32(31)38(34-16-4-3-15-33(34)37)28-12-6-10-26(22-28)30-18-8-20-42-36(30)24-40/h1-22H. The molecule has 0 saturated heterocycles. The number of aromatic nitrogens is 2. The second-order valence-electron chi connectivity index (χ2n) is 10.0. The van der Waals surface area contributed by atoms with Crippen LogP contribution in [-0.2, 0) is 0 Å². The zero-order valence-electron chi connectivity index (χ0n) is 22.5.